The smallest absolute Gasteiger partial charge is 0.0961 e. The minimum atomic E-state index is -0.788. The molecule has 2 rings (SSSR count). The molecule has 1 aromatic rings. The first kappa shape index (κ1) is 12.8. The summed E-state index contributed by atoms with van der Waals surface area (Å²) < 4.78 is 0. The van der Waals surface area contributed by atoms with Crippen LogP contribution >= 0.6 is 0 Å². The van der Waals surface area contributed by atoms with E-state index in [-0.39, 0.29) is 5.92 Å². The van der Waals surface area contributed by atoms with Crippen molar-refractivity contribution in [3.63, 3.8) is 0 Å². The molecule has 0 heterocycles. The lowest BCUT2D eigenvalue weighted by Gasteiger charge is -2.35. The lowest BCUT2D eigenvalue weighted by atomic mass is 9.80. The lowest BCUT2D eigenvalue weighted by Crippen LogP contribution is -2.56. The lowest BCUT2D eigenvalue weighted by molar-refractivity contribution is 0.437. The van der Waals surface area contributed by atoms with E-state index >= 15 is 0 Å². The fraction of sp³-hybridized carbons (Fsp3) is 0.250. The Hall–Kier alpha value is -1.64. The molecule has 0 aromatic heterocycles. The predicted octanol–water partition coefficient (Wildman–Crippen LogP) is 2.84. The Morgan fingerprint density at radius 3 is 2.44 bits per heavy atom. The molecule has 2 heteroatoms. The highest BCUT2D eigenvalue weighted by Crippen LogP contribution is 2.29. The molecule has 0 fully saturated rings. The molecule has 1 aromatic carbocycles. The van der Waals surface area contributed by atoms with Crippen LogP contribution in [0.25, 0.3) is 6.08 Å². The van der Waals surface area contributed by atoms with Gasteiger partial charge >= 0.3 is 0 Å². The van der Waals surface area contributed by atoms with Gasteiger partial charge in [0, 0.05) is 5.92 Å². The molecule has 0 spiro atoms. The zero-order valence-electron chi connectivity index (χ0n) is 10.9. The summed E-state index contributed by atoms with van der Waals surface area (Å²) in [5, 5.41) is 0. The van der Waals surface area contributed by atoms with E-state index in [0.29, 0.717) is 0 Å². The maximum absolute atomic E-state index is 6.24. The van der Waals surface area contributed by atoms with E-state index in [0.717, 1.165) is 16.7 Å². The Kier molecular flexibility index (Phi) is 3.50. The Morgan fingerprint density at radius 1 is 1.11 bits per heavy atom. The van der Waals surface area contributed by atoms with Gasteiger partial charge in [-0.05, 0) is 30.6 Å². The largest absolute Gasteiger partial charge is 0.309 e. The number of rotatable bonds is 2. The van der Waals surface area contributed by atoms with Crippen LogP contribution in [-0.4, -0.2) is 5.66 Å². The third-order valence-electron chi connectivity index (χ3n) is 3.64. The van der Waals surface area contributed by atoms with Gasteiger partial charge in [0.2, 0.25) is 0 Å². The van der Waals surface area contributed by atoms with Crippen molar-refractivity contribution in [3.05, 3.63) is 65.3 Å². The van der Waals surface area contributed by atoms with E-state index in [1.165, 1.54) is 0 Å². The van der Waals surface area contributed by atoms with Crippen LogP contribution in [-0.2, 0) is 0 Å². The first-order valence-electron chi connectivity index (χ1n) is 6.19. The number of hydrogen-bond acceptors (Lipinski definition) is 2. The number of hydrogen-bond donors (Lipinski definition) is 2. The van der Waals surface area contributed by atoms with Crippen molar-refractivity contribution in [2.24, 2.45) is 17.4 Å². The Balaban J connectivity index is 2.22. The molecule has 94 valence electrons. The van der Waals surface area contributed by atoms with Crippen LogP contribution in [0, 0.1) is 5.92 Å². The molecule has 0 saturated heterocycles. The van der Waals surface area contributed by atoms with Crippen LogP contribution in [0.1, 0.15) is 19.4 Å². The third kappa shape index (κ3) is 2.45. The Labute approximate surface area is 109 Å². The minimum Gasteiger partial charge on any atom is -0.309 e. The van der Waals surface area contributed by atoms with Crippen LogP contribution in [0.4, 0.5) is 0 Å². The zero-order valence-corrected chi connectivity index (χ0v) is 10.9. The van der Waals surface area contributed by atoms with Gasteiger partial charge in [-0.15, -0.1) is 0 Å². The molecule has 1 unspecified atom stereocenters. The van der Waals surface area contributed by atoms with Gasteiger partial charge in [-0.2, -0.15) is 0 Å². The zero-order chi connectivity index (χ0) is 13.2. The standard InChI is InChI=1S/C16H20N2/c1-12-8-10-15(16(17,18)13(12)2)11-9-14-6-4-3-5-7-14/h3-11,15H,17-18H2,1-2H3. The second-order valence-electron chi connectivity index (χ2n) is 4.90. The van der Waals surface area contributed by atoms with Crippen molar-refractivity contribution in [2.75, 3.05) is 0 Å². The van der Waals surface area contributed by atoms with Crippen molar-refractivity contribution < 1.29 is 0 Å². The fourth-order valence-corrected chi connectivity index (χ4v) is 2.13. The van der Waals surface area contributed by atoms with Crippen molar-refractivity contribution in [1.82, 2.24) is 0 Å². The molecule has 4 N–H and O–H groups in total. The summed E-state index contributed by atoms with van der Waals surface area (Å²) in [7, 11) is 0. The predicted molar refractivity (Wildman–Crippen MR) is 77.6 cm³/mol. The Morgan fingerprint density at radius 2 is 1.78 bits per heavy atom. The van der Waals surface area contributed by atoms with Gasteiger partial charge < -0.3 is 11.5 Å². The van der Waals surface area contributed by atoms with Crippen LogP contribution in [0.3, 0.4) is 0 Å². The highest BCUT2D eigenvalue weighted by Gasteiger charge is 2.32. The average molecular weight is 240 g/mol. The second kappa shape index (κ2) is 4.92. The quantitative estimate of drug-likeness (QED) is 0.781. The van der Waals surface area contributed by atoms with Gasteiger partial charge in [0.25, 0.3) is 0 Å². The summed E-state index contributed by atoms with van der Waals surface area (Å²) in [4.78, 5) is 0. The van der Waals surface area contributed by atoms with Crippen molar-refractivity contribution >= 4 is 6.08 Å². The highest BCUT2D eigenvalue weighted by molar-refractivity contribution is 5.51. The van der Waals surface area contributed by atoms with E-state index in [1.807, 2.05) is 32.0 Å². The molecule has 1 atom stereocenters. The minimum absolute atomic E-state index is 0.0291. The normalized spacial score (nSPS) is 22.8. The van der Waals surface area contributed by atoms with Gasteiger partial charge in [0.05, 0.1) is 5.66 Å². The third-order valence-corrected chi connectivity index (χ3v) is 3.64. The van der Waals surface area contributed by atoms with E-state index in [2.05, 4.69) is 36.4 Å². The highest BCUT2D eigenvalue weighted by atomic mass is 15.0. The molecule has 1 aliphatic carbocycles. The van der Waals surface area contributed by atoms with E-state index in [9.17, 15) is 0 Å². The average Bonchev–Trinajstić information content (AvgIpc) is 2.37. The van der Waals surface area contributed by atoms with Crippen molar-refractivity contribution in [2.45, 2.75) is 19.5 Å². The molecular weight excluding hydrogens is 220 g/mol. The Bertz CT molecular complexity index is 507. The van der Waals surface area contributed by atoms with Crippen LogP contribution in [0.5, 0.6) is 0 Å². The maximum atomic E-state index is 6.24. The molecule has 0 radical (unpaired) electrons. The molecule has 0 amide bonds. The number of allylic oxidation sites excluding steroid dienone is 2. The van der Waals surface area contributed by atoms with Crippen molar-refractivity contribution in [3.8, 4) is 0 Å². The summed E-state index contributed by atoms with van der Waals surface area (Å²) >= 11 is 0. The number of benzene rings is 1. The number of nitrogens with two attached hydrogens (primary N) is 2. The first-order valence-corrected chi connectivity index (χ1v) is 6.19. The molecule has 1 aliphatic rings. The van der Waals surface area contributed by atoms with E-state index in [4.69, 9.17) is 11.5 Å². The molecule has 2 nitrogen and oxygen atoms in total. The van der Waals surface area contributed by atoms with E-state index < -0.39 is 5.66 Å². The van der Waals surface area contributed by atoms with Gasteiger partial charge in [-0.3, -0.25) is 0 Å². The van der Waals surface area contributed by atoms with Crippen LogP contribution < -0.4 is 11.5 Å². The summed E-state index contributed by atoms with van der Waals surface area (Å²) in [5.74, 6) is 0.0291. The maximum Gasteiger partial charge on any atom is 0.0961 e. The topological polar surface area (TPSA) is 52.0 Å². The summed E-state index contributed by atoms with van der Waals surface area (Å²) in [6.45, 7) is 4.04. The van der Waals surface area contributed by atoms with Crippen LogP contribution in [0.2, 0.25) is 0 Å². The summed E-state index contributed by atoms with van der Waals surface area (Å²) in [5.41, 5.74) is 15.1. The van der Waals surface area contributed by atoms with Gasteiger partial charge in [-0.1, -0.05) is 54.6 Å². The fourth-order valence-electron chi connectivity index (χ4n) is 2.13. The molecule has 0 bridgehead atoms. The van der Waals surface area contributed by atoms with Crippen molar-refractivity contribution in [1.29, 1.82) is 0 Å². The van der Waals surface area contributed by atoms with Gasteiger partial charge in [0.15, 0.2) is 0 Å². The monoisotopic (exact) mass is 240 g/mol. The molecular formula is C16H20N2. The summed E-state index contributed by atoms with van der Waals surface area (Å²) in [6.07, 6.45) is 8.30. The second-order valence-corrected chi connectivity index (χ2v) is 4.90. The van der Waals surface area contributed by atoms with Gasteiger partial charge in [-0.25, -0.2) is 0 Å². The SMILES string of the molecule is CC1=C(C)C(N)(N)C(C=Cc2ccccc2)C=C1. The molecule has 0 saturated carbocycles. The summed E-state index contributed by atoms with van der Waals surface area (Å²) in [6, 6.07) is 10.2. The van der Waals surface area contributed by atoms with Gasteiger partial charge in [0.1, 0.15) is 0 Å². The molecule has 18 heavy (non-hydrogen) atoms. The van der Waals surface area contributed by atoms with Crippen LogP contribution in [0.15, 0.2) is 59.7 Å². The molecule has 0 aliphatic heterocycles. The first-order chi connectivity index (χ1) is 8.51. The van der Waals surface area contributed by atoms with E-state index in [1.54, 1.807) is 0 Å².